The Kier molecular flexibility index (Phi) is 5.23. The van der Waals surface area contributed by atoms with Crippen LogP contribution in [-0.4, -0.2) is 25.7 Å². The van der Waals surface area contributed by atoms with Gasteiger partial charge in [-0.3, -0.25) is 4.79 Å². The van der Waals surface area contributed by atoms with Crippen LogP contribution in [0.4, 0.5) is 5.69 Å². The summed E-state index contributed by atoms with van der Waals surface area (Å²) in [6.07, 6.45) is 0. The van der Waals surface area contributed by atoms with Crippen LogP contribution in [0.3, 0.4) is 0 Å². The van der Waals surface area contributed by atoms with E-state index >= 15 is 0 Å². The number of hydrogen-bond acceptors (Lipinski definition) is 4. The standard InChI is InChI=1S/C16H12Cl3NO4/c17-9-2-1-3-12(16(9)19)24-8-15(21)20-11-7-14-13(6-10(11)18)22-4-5-23-14/h1-3,6-7H,4-5,8H2,(H,20,21). The van der Waals surface area contributed by atoms with E-state index in [1.807, 2.05) is 0 Å². The van der Waals surface area contributed by atoms with Gasteiger partial charge < -0.3 is 19.5 Å². The Labute approximate surface area is 153 Å². The molecule has 0 saturated heterocycles. The third-order valence-electron chi connectivity index (χ3n) is 3.18. The van der Waals surface area contributed by atoms with Crippen LogP contribution in [0.25, 0.3) is 0 Å². The van der Waals surface area contributed by atoms with Crippen molar-refractivity contribution < 1.29 is 19.0 Å². The van der Waals surface area contributed by atoms with Crippen molar-refractivity contribution in [2.24, 2.45) is 0 Å². The molecule has 1 N–H and O–H groups in total. The number of halogens is 3. The van der Waals surface area contributed by atoms with Crippen molar-refractivity contribution in [2.45, 2.75) is 0 Å². The smallest absolute Gasteiger partial charge is 0.262 e. The second kappa shape index (κ2) is 7.38. The first kappa shape index (κ1) is 17.0. The van der Waals surface area contributed by atoms with Crippen molar-refractivity contribution in [3.8, 4) is 17.2 Å². The van der Waals surface area contributed by atoms with E-state index in [4.69, 9.17) is 49.0 Å². The molecule has 0 spiro atoms. The quantitative estimate of drug-likeness (QED) is 0.841. The van der Waals surface area contributed by atoms with E-state index in [2.05, 4.69) is 5.32 Å². The van der Waals surface area contributed by atoms with E-state index in [0.717, 1.165) is 0 Å². The van der Waals surface area contributed by atoms with Crippen LogP contribution in [0.5, 0.6) is 17.2 Å². The molecule has 0 fully saturated rings. The highest BCUT2D eigenvalue weighted by Gasteiger charge is 2.17. The third-order valence-corrected chi connectivity index (χ3v) is 4.30. The molecule has 0 saturated carbocycles. The fraction of sp³-hybridized carbons (Fsp3) is 0.188. The zero-order chi connectivity index (χ0) is 17.1. The van der Waals surface area contributed by atoms with Crippen LogP contribution in [0, 0.1) is 0 Å². The summed E-state index contributed by atoms with van der Waals surface area (Å²) in [7, 11) is 0. The molecule has 2 aromatic rings. The number of anilines is 1. The fourth-order valence-corrected chi connectivity index (χ4v) is 2.63. The van der Waals surface area contributed by atoms with E-state index in [-0.39, 0.29) is 11.6 Å². The average Bonchev–Trinajstić information content (AvgIpc) is 2.57. The SMILES string of the molecule is O=C(COc1cccc(Cl)c1Cl)Nc1cc2c(cc1Cl)OCCO2. The molecule has 5 nitrogen and oxygen atoms in total. The molecule has 0 aliphatic carbocycles. The van der Waals surface area contributed by atoms with Gasteiger partial charge in [-0.25, -0.2) is 0 Å². The van der Waals surface area contributed by atoms with Gasteiger partial charge in [-0.05, 0) is 12.1 Å². The molecule has 0 radical (unpaired) electrons. The van der Waals surface area contributed by atoms with Gasteiger partial charge in [0.2, 0.25) is 0 Å². The van der Waals surface area contributed by atoms with Crippen molar-refractivity contribution >= 4 is 46.4 Å². The van der Waals surface area contributed by atoms with Crippen LogP contribution < -0.4 is 19.5 Å². The van der Waals surface area contributed by atoms with Gasteiger partial charge >= 0.3 is 0 Å². The van der Waals surface area contributed by atoms with Gasteiger partial charge in [0, 0.05) is 12.1 Å². The molecular formula is C16H12Cl3NO4. The molecule has 1 aliphatic heterocycles. The molecular weight excluding hydrogens is 377 g/mol. The van der Waals surface area contributed by atoms with Crippen LogP contribution in [0.1, 0.15) is 0 Å². The number of carbonyl (C=O) groups excluding carboxylic acids is 1. The number of carbonyl (C=O) groups is 1. The summed E-state index contributed by atoms with van der Waals surface area (Å²) in [5, 5.41) is 3.60. The lowest BCUT2D eigenvalue weighted by Gasteiger charge is -2.20. The molecule has 24 heavy (non-hydrogen) atoms. The first-order valence-corrected chi connectivity index (χ1v) is 8.14. The average molecular weight is 389 g/mol. The largest absolute Gasteiger partial charge is 0.486 e. The lowest BCUT2D eigenvalue weighted by atomic mass is 10.2. The number of nitrogens with one attached hydrogen (secondary N) is 1. The lowest BCUT2D eigenvalue weighted by molar-refractivity contribution is -0.118. The highest BCUT2D eigenvalue weighted by molar-refractivity contribution is 6.42. The van der Waals surface area contributed by atoms with E-state index in [0.29, 0.717) is 46.2 Å². The first-order valence-electron chi connectivity index (χ1n) is 7.00. The van der Waals surface area contributed by atoms with Crippen LogP contribution >= 0.6 is 34.8 Å². The Morgan fingerprint density at radius 3 is 2.54 bits per heavy atom. The maximum absolute atomic E-state index is 12.1. The molecule has 0 bridgehead atoms. The summed E-state index contributed by atoms with van der Waals surface area (Å²) in [6, 6.07) is 8.14. The van der Waals surface area contributed by atoms with Gasteiger partial charge in [-0.15, -0.1) is 0 Å². The summed E-state index contributed by atoms with van der Waals surface area (Å²) >= 11 is 18.0. The summed E-state index contributed by atoms with van der Waals surface area (Å²) in [5.41, 5.74) is 0.409. The Morgan fingerprint density at radius 2 is 1.79 bits per heavy atom. The maximum atomic E-state index is 12.1. The van der Waals surface area contributed by atoms with Gasteiger partial charge in [0.1, 0.15) is 24.0 Å². The normalized spacial score (nSPS) is 12.6. The highest BCUT2D eigenvalue weighted by Crippen LogP contribution is 2.38. The van der Waals surface area contributed by atoms with Gasteiger partial charge in [0.25, 0.3) is 5.91 Å². The summed E-state index contributed by atoms with van der Waals surface area (Å²) in [5.74, 6) is 1.00. The predicted octanol–water partition coefficient (Wildman–Crippen LogP) is 4.44. The van der Waals surface area contributed by atoms with Crippen LogP contribution in [-0.2, 0) is 4.79 Å². The molecule has 1 heterocycles. The van der Waals surface area contributed by atoms with Gasteiger partial charge in [-0.2, -0.15) is 0 Å². The van der Waals surface area contributed by atoms with E-state index in [9.17, 15) is 4.79 Å². The molecule has 8 heteroatoms. The summed E-state index contributed by atoms with van der Waals surface area (Å²) < 4.78 is 16.3. The van der Waals surface area contributed by atoms with Crippen molar-refractivity contribution in [3.63, 3.8) is 0 Å². The van der Waals surface area contributed by atoms with Gasteiger partial charge in [-0.1, -0.05) is 40.9 Å². The minimum absolute atomic E-state index is 0.245. The number of benzene rings is 2. The van der Waals surface area contributed by atoms with Crippen molar-refractivity contribution in [1.29, 1.82) is 0 Å². The van der Waals surface area contributed by atoms with Gasteiger partial charge in [0.15, 0.2) is 18.1 Å². The Morgan fingerprint density at radius 1 is 1.08 bits per heavy atom. The monoisotopic (exact) mass is 387 g/mol. The molecule has 0 atom stereocenters. The van der Waals surface area contributed by atoms with Crippen molar-refractivity contribution in [2.75, 3.05) is 25.1 Å². The van der Waals surface area contributed by atoms with Crippen molar-refractivity contribution in [1.82, 2.24) is 0 Å². The number of rotatable bonds is 4. The zero-order valence-electron chi connectivity index (χ0n) is 12.3. The predicted molar refractivity (Wildman–Crippen MR) is 93.0 cm³/mol. The second-order valence-electron chi connectivity index (χ2n) is 4.86. The van der Waals surface area contributed by atoms with E-state index < -0.39 is 5.91 Å². The Balaban J connectivity index is 1.66. The molecule has 1 amide bonds. The highest BCUT2D eigenvalue weighted by atomic mass is 35.5. The Hall–Kier alpha value is -1.82. The minimum Gasteiger partial charge on any atom is -0.486 e. The maximum Gasteiger partial charge on any atom is 0.262 e. The second-order valence-corrected chi connectivity index (χ2v) is 6.06. The van der Waals surface area contributed by atoms with E-state index in [1.165, 1.54) is 0 Å². The number of fused-ring (bicyclic) bond motifs is 1. The minimum atomic E-state index is -0.399. The molecule has 1 aliphatic rings. The topological polar surface area (TPSA) is 56.8 Å². The number of amides is 1. The molecule has 2 aromatic carbocycles. The zero-order valence-corrected chi connectivity index (χ0v) is 14.5. The van der Waals surface area contributed by atoms with Crippen molar-refractivity contribution in [3.05, 3.63) is 45.4 Å². The van der Waals surface area contributed by atoms with Gasteiger partial charge in [0.05, 0.1) is 15.7 Å². The number of ether oxygens (including phenoxy) is 3. The lowest BCUT2D eigenvalue weighted by Crippen LogP contribution is -2.21. The summed E-state index contributed by atoms with van der Waals surface area (Å²) in [6.45, 7) is 0.659. The molecule has 3 rings (SSSR count). The summed E-state index contributed by atoms with van der Waals surface area (Å²) in [4.78, 5) is 12.1. The Bertz CT molecular complexity index is 782. The molecule has 0 aromatic heterocycles. The van der Waals surface area contributed by atoms with Crippen LogP contribution in [0.15, 0.2) is 30.3 Å². The third kappa shape index (κ3) is 3.80. The molecule has 126 valence electrons. The van der Waals surface area contributed by atoms with Crippen LogP contribution in [0.2, 0.25) is 15.1 Å². The van der Waals surface area contributed by atoms with E-state index in [1.54, 1.807) is 30.3 Å². The number of hydrogen-bond donors (Lipinski definition) is 1. The fourth-order valence-electron chi connectivity index (χ4n) is 2.08. The molecule has 0 unspecified atom stereocenters. The first-order chi connectivity index (χ1) is 11.5.